The number of nitrogens with zero attached hydrogens (tertiary/aromatic N) is 1. The summed E-state index contributed by atoms with van der Waals surface area (Å²) < 4.78 is 6.45. The third-order valence-corrected chi connectivity index (χ3v) is 12.6. The molecule has 4 nitrogen and oxygen atoms in total. The van der Waals surface area contributed by atoms with E-state index in [1.165, 1.54) is 25.7 Å². The van der Waals surface area contributed by atoms with Gasteiger partial charge in [0.2, 0.25) is 0 Å². The molecule has 1 aliphatic rings. The minimum absolute atomic E-state index is 0.0270. The van der Waals surface area contributed by atoms with E-state index in [0.29, 0.717) is 16.6 Å². The van der Waals surface area contributed by atoms with Gasteiger partial charge in [0, 0.05) is 11.9 Å². The fourth-order valence-electron chi connectivity index (χ4n) is 3.62. The van der Waals surface area contributed by atoms with E-state index >= 15 is 0 Å². The zero-order valence-corrected chi connectivity index (χ0v) is 20.6. The number of aromatic amines is 1. The number of aryl methyl sites for hydroxylation is 1. The lowest BCUT2D eigenvalue weighted by molar-refractivity contribution is 0.195. The van der Waals surface area contributed by atoms with Crippen LogP contribution in [0, 0.1) is 12.8 Å². The van der Waals surface area contributed by atoms with Gasteiger partial charge in [0.25, 0.3) is 5.56 Å². The van der Waals surface area contributed by atoms with Crippen molar-refractivity contribution in [3.05, 3.63) is 39.9 Å². The lowest BCUT2D eigenvalue weighted by Crippen LogP contribution is -2.42. The van der Waals surface area contributed by atoms with Gasteiger partial charge >= 0.3 is 0 Å². The fraction of sp³-hybridized carbons (Fsp3) is 0.652. The van der Waals surface area contributed by atoms with Crippen molar-refractivity contribution in [2.75, 3.05) is 6.61 Å². The van der Waals surface area contributed by atoms with Crippen molar-refractivity contribution >= 4 is 31.0 Å². The molecule has 160 valence electrons. The van der Waals surface area contributed by atoms with Crippen LogP contribution in [0.25, 0.3) is 10.9 Å². The Labute approximate surface area is 180 Å². The molecule has 3 rings (SSSR count). The van der Waals surface area contributed by atoms with Gasteiger partial charge in [-0.1, -0.05) is 32.9 Å². The molecule has 1 aliphatic carbocycles. The first-order valence-electron chi connectivity index (χ1n) is 10.8. The highest BCUT2D eigenvalue weighted by Crippen LogP contribution is 2.38. The van der Waals surface area contributed by atoms with Crippen LogP contribution in [0.15, 0.2) is 23.0 Å². The highest BCUT2D eigenvalue weighted by molar-refractivity contribution is 7.99. The second-order valence-corrected chi connectivity index (χ2v) is 16.1. The Morgan fingerprint density at radius 2 is 1.90 bits per heavy atom. The number of rotatable bonds is 6. The molecular formula is C23H36N2O2SSi. The van der Waals surface area contributed by atoms with Crippen molar-refractivity contribution in [2.24, 2.45) is 5.92 Å². The maximum absolute atomic E-state index is 12.4. The molecule has 1 N–H and O–H groups in total. The summed E-state index contributed by atoms with van der Waals surface area (Å²) in [5.74, 6) is 2.27. The van der Waals surface area contributed by atoms with Crippen LogP contribution in [0.4, 0.5) is 0 Å². The molecule has 1 fully saturated rings. The number of thioether (sulfide) groups is 1. The summed E-state index contributed by atoms with van der Waals surface area (Å²) in [6, 6.07) is 5.77. The van der Waals surface area contributed by atoms with Gasteiger partial charge < -0.3 is 9.41 Å². The molecule has 0 bridgehead atoms. The Bertz CT molecular complexity index is 896. The monoisotopic (exact) mass is 432 g/mol. The minimum Gasteiger partial charge on any atom is -0.417 e. The summed E-state index contributed by atoms with van der Waals surface area (Å²) in [6.07, 6.45) is 4.94. The molecule has 0 radical (unpaired) electrons. The molecule has 0 unspecified atom stereocenters. The molecule has 0 aliphatic heterocycles. The molecule has 0 spiro atoms. The summed E-state index contributed by atoms with van der Waals surface area (Å²) in [4.78, 5) is 20.1. The van der Waals surface area contributed by atoms with Crippen LogP contribution in [0.3, 0.4) is 0 Å². The van der Waals surface area contributed by atoms with E-state index in [1.54, 1.807) is 0 Å². The van der Waals surface area contributed by atoms with Gasteiger partial charge in [0.1, 0.15) is 5.82 Å². The van der Waals surface area contributed by atoms with Crippen LogP contribution in [0.1, 0.15) is 57.8 Å². The highest BCUT2D eigenvalue weighted by Gasteiger charge is 2.37. The number of hydrogen-bond donors (Lipinski definition) is 1. The Kier molecular flexibility index (Phi) is 6.96. The Morgan fingerprint density at radius 3 is 2.55 bits per heavy atom. The van der Waals surface area contributed by atoms with E-state index in [-0.39, 0.29) is 10.6 Å². The predicted molar refractivity (Wildman–Crippen MR) is 127 cm³/mol. The maximum atomic E-state index is 12.4. The van der Waals surface area contributed by atoms with E-state index in [9.17, 15) is 4.79 Å². The lowest BCUT2D eigenvalue weighted by atomic mass is 9.90. The molecule has 6 heteroatoms. The molecule has 1 saturated carbocycles. The van der Waals surface area contributed by atoms with Gasteiger partial charge in [-0.2, -0.15) is 11.8 Å². The number of benzene rings is 1. The smallest absolute Gasteiger partial charge is 0.258 e. The summed E-state index contributed by atoms with van der Waals surface area (Å²) in [7, 11) is -1.65. The van der Waals surface area contributed by atoms with E-state index in [0.717, 1.165) is 29.3 Å². The van der Waals surface area contributed by atoms with Gasteiger partial charge in [-0.15, -0.1) is 0 Å². The van der Waals surface area contributed by atoms with Gasteiger partial charge in [-0.3, -0.25) is 4.79 Å². The third kappa shape index (κ3) is 5.53. The van der Waals surface area contributed by atoms with Crippen molar-refractivity contribution < 1.29 is 4.43 Å². The molecule has 1 aromatic heterocycles. The molecular weight excluding hydrogens is 396 g/mol. The largest absolute Gasteiger partial charge is 0.417 e. The summed E-state index contributed by atoms with van der Waals surface area (Å²) in [5, 5.41) is 1.61. The Morgan fingerprint density at radius 1 is 1.21 bits per heavy atom. The fourth-order valence-corrected chi connectivity index (χ4v) is 5.85. The van der Waals surface area contributed by atoms with Gasteiger partial charge in [-0.05, 0) is 68.3 Å². The zero-order valence-electron chi connectivity index (χ0n) is 18.8. The van der Waals surface area contributed by atoms with E-state index in [1.807, 2.05) is 36.9 Å². The Balaban J connectivity index is 1.50. The van der Waals surface area contributed by atoms with Gasteiger partial charge in [0.15, 0.2) is 8.32 Å². The van der Waals surface area contributed by atoms with Crippen LogP contribution in [0.5, 0.6) is 0 Å². The molecule has 2 aromatic rings. The number of aromatic nitrogens is 2. The quantitative estimate of drug-likeness (QED) is 0.565. The topological polar surface area (TPSA) is 55.0 Å². The van der Waals surface area contributed by atoms with Crippen molar-refractivity contribution in [3.63, 3.8) is 0 Å². The molecule has 0 saturated heterocycles. The zero-order chi connectivity index (χ0) is 21.2. The second-order valence-electron chi connectivity index (χ2n) is 10.0. The molecule has 29 heavy (non-hydrogen) atoms. The molecule has 0 amide bonds. The summed E-state index contributed by atoms with van der Waals surface area (Å²) in [6.45, 7) is 14.5. The predicted octanol–water partition coefficient (Wildman–Crippen LogP) is 6.05. The first-order chi connectivity index (χ1) is 13.6. The first kappa shape index (κ1) is 22.6. The number of H-pyrrole nitrogens is 1. The third-order valence-electron chi connectivity index (χ3n) is 6.72. The molecule has 0 atom stereocenters. The van der Waals surface area contributed by atoms with Crippen molar-refractivity contribution in [3.8, 4) is 0 Å². The van der Waals surface area contributed by atoms with Crippen molar-refractivity contribution in [2.45, 2.75) is 82.5 Å². The van der Waals surface area contributed by atoms with Crippen LogP contribution >= 0.6 is 11.8 Å². The van der Waals surface area contributed by atoms with E-state index < -0.39 is 8.32 Å². The number of fused-ring (bicyclic) bond motifs is 1. The normalized spacial score (nSPS) is 20.9. The summed E-state index contributed by atoms with van der Waals surface area (Å²) >= 11 is 1.94. The average molecular weight is 433 g/mol. The number of para-hydroxylation sites is 1. The number of hydrogen-bond acceptors (Lipinski definition) is 4. The van der Waals surface area contributed by atoms with E-state index in [4.69, 9.17) is 9.41 Å². The van der Waals surface area contributed by atoms with Crippen molar-refractivity contribution in [1.82, 2.24) is 9.97 Å². The average Bonchev–Trinajstić information content (AvgIpc) is 2.65. The van der Waals surface area contributed by atoms with Crippen LogP contribution in [-0.2, 0) is 10.2 Å². The first-order valence-corrected chi connectivity index (χ1v) is 14.8. The minimum atomic E-state index is -1.65. The van der Waals surface area contributed by atoms with Crippen LogP contribution < -0.4 is 5.56 Å². The lowest BCUT2D eigenvalue weighted by Gasteiger charge is -2.38. The highest BCUT2D eigenvalue weighted by atomic mass is 32.2. The van der Waals surface area contributed by atoms with Crippen LogP contribution in [0.2, 0.25) is 18.1 Å². The molecule has 1 aromatic carbocycles. The number of nitrogens with one attached hydrogen (secondary N) is 1. The standard InChI is InChI=1S/C23H36N2O2SSi/c1-16-8-7-9-19-21(16)24-20(25-22(19)26)15-28-18-12-10-17(11-13-18)14-27-29(5,6)23(2,3)4/h7-9,17-18H,10-15H2,1-6H3,(H,24,25,26). The van der Waals surface area contributed by atoms with Crippen LogP contribution in [-0.4, -0.2) is 30.1 Å². The SMILES string of the molecule is Cc1cccc2c(=O)[nH]c(CSC3CCC(CO[Si](C)(C)C(C)(C)C)CC3)nc12. The second kappa shape index (κ2) is 8.94. The van der Waals surface area contributed by atoms with Gasteiger partial charge in [0.05, 0.1) is 16.7 Å². The maximum Gasteiger partial charge on any atom is 0.258 e. The summed E-state index contributed by atoms with van der Waals surface area (Å²) in [5.41, 5.74) is 1.86. The van der Waals surface area contributed by atoms with E-state index in [2.05, 4.69) is 38.8 Å². The van der Waals surface area contributed by atoms with Crippen molar-refractivity contribution in [1.29, 1.82) is 0 Å². The molecule has 1 heterocycles. The Hall–Kier alpha value is -1.11. The van der Waals surface area contributed by atoms with Gasteiger partial charge in [-0.25, -0.2) is 4.98 Å².